The zero-order valence-corrected chi connectivity index (χ0v) is 15.8. The van der Waals surface area contributed by atoms with Gasteiger partial charge in [0.25, 0.3) is 0 Å². The van der Waals surface area contributed by atoms with Gasteiger partial charge in [0.1, 0.15) is 6.54 Å². The summed E-state index contributed by atoms with van der Waals surface area (Å²) < 4.78 is 1.90. The third-order valence-electron chi connectivity index (χ3n) is 5.42. The van der Waals surface area contributed by atoms with Crippen LogP contribution in [-0.2, 0) is 16.1 Å². The number of nitrogens with zero attached hydrogens (tertiary/aromatic N) is 2. The molecule has 2 amide bonds. The average Bonchev–Trinajstić information content (AvgIpc) is 2.96. The maximum absolute atomic E-state index is 12.8. The molecule has 2 unspecified atom stereocenters. The molecule has 1 aliphatic carbocycles. The Bertz CT molecular complexity index is 822. The number of hydrogen-bond acceptors (Lipinski definition) is 3. The lowest BCUT2D eigenvalue weighted by Gasteiger charge is -2.37. The SMILES string of the molecule is CN(C)C(=O)Cn1ccc2ccc(NC(=O)C3CCCCC3(C)N)cc21. The fraction of sp³-hybridized carbons (Fsp3) is 0.500. The van der Waals surface area contributed by atoms with Crippen molar-refractivity contribution in [1.82, 2.24) is 9.47 Å². The molecule has 1 aromatic carbocycles. The lowest BCUT2D eigenvalue weighted by molar-refractivity contribution is -0.129. The fourth-order valence-electron chi connectivity index (χ4n) is 3.70. The van der Waals surface area contributed by atoms with E-state index in [0.717, 1.165) is 42.3 Å². The number of likely N-dealkylation sites (N-methyl/N-ethyl adjacent to an activating group) is 1. The van der Waals surface area contributed by atoms with Gasteiger partial charge in [-0.05, 0) is 43.4 Å². The van der Waals surface area contributed by atoms with Crippen LogP contribution in [0.15, 0.2) is 30.5 Å². The van der Waals surface area contributed by atoms with E-state index >= 15 is 0 Å². The van der Waals surface area contributed by atoms with Crippen molar-refractivity contribution in [2.24, 2.45) is 11.7 Å². The molecule has 1 aliphatic rings. The molecule has 0 bridgehead atoms. The standard InChI is InChI=1S/C20H28N4O2/c1-20(21)10-5-4-6-16(20)19(26)22-15-8-7-14-9-11-24(17(14)12-15)13-18(25)23(2)3/h7-9,11-12,16H,4-6,10,13,21H2,1-3H3,(H,22,26). The van der Waals surface area contributed by atoms with Crippen LogP contribution in [0, 0.1) is 5.92 Å². The molecule has 0 radical (unpaired) electrons. The third kappa shape index (κ3) is 3.75. The topological polar surface area (TPSA) is 80.4 Å². The zero-order chi connectivity index (χ0) is 18.9. The Hall–Kier alpha value is -2.34. The number of nitrogens with one attached hydrogen (secondary N) is 1. The summed E-state index contributed by atoms with van der Waals surface area (Å²) >= 11 is 0. The van der Waals surface area contributed by atoms with Gasteiger partial charge in [0.2, 0.25) is 11.8 Å². The summed E-state index contributed by atoms with van der Waals surface area (Å²) in [7, 11) is 3.49. The molecule has 26 heavy (non-hydrogen) atoms. The van der Waals surface area contributed by atoms with Gasteiger partial charge < -0.3 is 20.5 Å². The van der Waals surface area contributed by atoms with Gasteiger partial charge >= 0.3 is 0 Å². The van der Waals surface area contributed by atoms with Crippen LogP contribution in [0.3, 0.4) is 0 Å². The normalized spacial score (nSPS) is 23.0. The van der Waals surface area contributed by atoms with Crippen molar-refractivity contribution < 1.29 is 9.59 Å². The Balaban J connectivity index is 1.80. The molecule has 6 nitrogen and oxygen atoms in total. The van der Waals surface area contributed by atoms with Crippen molar-refractivity contribution in [2.45, 2.75) is 44.7 Å². The van der Waals surface area contributed by atoms with Crippen LogP contribution in [0.4, 0.5) is 5.69 Å². The van der Waals surface area contributed by atoms with Crippen LogP contribution < -0.4 is 11.1 Å². The molecular weight excluding hydrogens is 328 g/mol. The van der Waals surface area contributed by atoms with E-state index in [9.17, 15) is 9.59 Å². The van der Waals surface area contributed by atoms with E-state index in [1.807, 2.05) is 42.0 Å². The molecule has 140 valence electrons. The Kier molecular flexibility index (Phi) is 5.05. The Morgan fingerprint density at radius 1 is 1.31 bits per heavy atom. The summed E-state index contributed by atoms with van der Waals surface area (Å²) in [5.41, 5.74) is 7.56. The number of fused-ring (bicyclic) bond motifs is 1. The van der Waals surface area contributed by atoms with E-state index in [4.69, 9.17) is 5.73 Å². The molecule has 1 fully saturated rings. The number of amides is 2. The molecule has 2 atom stereocenters. The first-order chi connectivity index (χ1) is 12.3. The summed E-state index contributed by atoms with van der Waals surface area (Å²) in [6.07, 6.45) is 5.72. The number of anilines is 1. The Labute approximate surface area is 154 Å². The van der Waals surface area contributed by atoms with E-state index in [1.54, 1.807) is 19.0 Å². The number of benzene rings is 1. The molecule has 1 saturated carbocycles. The molecular formula is C20H28N4O2. The lowest BCUT2D eigenvalue weighted by atomic mass is 9.74. The van der Waals surface area contributed by atoms with Gasteiger partial charge in [0.05, 0.1) is 11.4 Å². The Morgan fingerprint density at radius 2 is 2.08 bits per heavy atom. The maximum Gasteiger partial charge on any atom is 0.241 e. The van der Waals surface area contributed by atoms with Crippen molar-refractivity contribution in [3.05, 3.63) is 30.5 Å². The lowest BCUT2D eigenvalue weighted by Crippen LogP contribution is -2.51. The molecule has 3 rings (SSSR count). The number of rotatable bonds is 4. The quantitative estimate of drug-likeness (QED) is 0.883. The highest BCUT2D eigenvalue weighted by Gasteiger charge is 2.37. The average molecular weight is 356 g/mol. The van der Waals surface area contributed by atoms with Gasteiger partial charge in [-0.3, -0.25) is 9.59 Å². The highest BCUT2D eigenvalue weighted by molar-refractivity contribution is 5.96. The van der Waals surface area contributed by atoms with Crippen molar-refractivity contribution in [2.75, 3.05) is 19.4 Å². The second kappa shape index (κ2) is 7.11. The van der Waals surface area contributed by atoms with E-state index < -0.39 is 5.54 Å². The van der Waals surface area contributed by atoms with Crippen LogP contribution in [0.1, 0.15) is 32.6 Å². The fourth-order valence-corrected chi connectivity index (χ4v) is 3.70. The maximum atomic E-state index is 12.8. The zero-order valence-electron chi connectivity index (χ0n) is 15.8. The monoisotopic (exact) mass is 356 g/mol. The molecule has 1 heterocycles. The van der Waals surface area contributed by atoms with E-state index in [0.29, 0.717) is 0 Å². The van der Waals surface area contributed by atoms with E-state index in [2.05, 4.69) is 5.32 Å². The first kappa shape index (κ1) is 18.5. The van der Waals surface area contributed by atoms with Gasteiger partial charge in [0.15, 0.2) is 0 Å². The van der Waals surface area contributed by atoms with Crippen molar-refractivity contribution in [1.29, 1.82) is 0 Å². The second-order valence-corrected chi connectivity index (χ2v) is 7.80. The minimum absolute atomic E-state index is 0.0171. The third-order valence-corrected chi connectivity index (χ3v) is 5.42. The van der Waals surface area contributed by atoms with Gasteiger partial charge in [-0.25, -0.2) is 0 Å². The van der Waals surface area contributed by atoms with Gasteiger partial charge in [-0.2, -0.15) is 0 Å². The minimum atomic E-state index is -0.454. The summed E-state index contributed by atoms with van der Waals surface area (Å²) in [6.45, 7) is 2.25. The molecule has 6 heteroatoms. The number of aromatic nitrogens is 1. The molecule has 0 aliphatic heterocycles. The predicted octanol–water partition coefficient (Wildman–Crippen LogP) is 2.58. The minimum Gasteiger partial charge on any atom is -0.347 e. The highest BCUT2D eigenvalue weighted by Crippen LogP contribution is 2.32. The predicted molar refractivity (Wildman–Crippen MR) is 104 cm³/mol. The van der Waals surface area contributed by atoms with Crippen LogP contribution in [0.2, 0.25) is 0 Å². The van der Waals surface area contributed by atoms with Gasteiger partial charge in [-0.1, -0.05) is 18.9 Å². The Morgan fingerprint density at radius 3 is 2.77 bits per heavy atom. The van der Waals surface area contributed by atoms with Crippen LogP contribution >= 0.6 is 0 Å². The summed E-state index contributed by atoms with van der Waals surface area (Å²) in [5.74, 6) is -0.163. The van der Waals surface area contributed by atoms with Crippen LogP contribution in [0.25, 0.3) is 10.9 Å². The molecule has 3 N–H and O–H groups in total. The first-order valence-corrected chi connectivity index (χ1v) is 9.17. The molecule has 0 spiro atoms. The van der Waals surface area contributed by atoms with Gasteiger partial charge in [-0.15, -0.1) is 0 Å². The largest absolute Gasteiger partial charge is 0.347 e. The van der Waals surface area contributed by atoms with E-state index in [-0.39, 0.29) is 24.3 Å². The smallest absolute Gasteiger partial charge is 0.241 e. The number of nitrogens with two attached hydrogens (primary N) is 1. The van der Waals surface area contributed by atoms with Crippen molar-refractivity contribution in [3.8, 4) is 0 Å². The molecule has 1 aromatic heterocycles. The summed E-state index contributed by atoms with van der Waals surface area (Å²) in [4.78, 5) is 26.3. The molecule has 0 saturated heterocycles. The number of carbonyl (C=O) groups is 2. The second-order valence-electron chi connectivity index (χ2n) is 7.80. The van der Waals surface area contributed by atoms with Crippen molar-refractivity contribution >= 4 is 28.4 Å². The number of hydrogen-bond donors (Lipinski definition) is 2. The first-order valence-electron chi connectivity index (χ1n) is 9.17. The van der Waals surface area contributed by atoms with Gasteiger partial charge in [0, 0.05) is 31.5 Å². The van der Waals surface area contributed by atoms with Crippen molar-refractivity contribution in [3.63, 3.8) is 0 Å². The van der Waals surface area contributed by atoms with E-state index in [1.165, 1.54) is 0 Å². The summed E-state index contributed by atoms with van der Waals surface area (Å²) in [5, 5.41) is 4.06. The number of carbonyl (C=O) groups excluding carboxylic acids is 2. The highest BCUT2D eigenvalue weighted by atomic mass is 16.2. The summed E-state index contributed by atoms with van der Waals surface area (Å²) in [6, 6.07) is 7.76. The molecule has 2 aromatic rings. The van der Waals surface area contributed by atoms with Crippen LogP contribution in [-0.4, -0.2) is 40.9 Å². The van der Waals surface area contributed by atoms with Crippen LogP contribution in [0.5, 0.6) is 0 Å².